The van der Waals surface area contributed by atoms with E-state index in [1.807, 2.05) is 0 Å². The van der Waals surface area contributed by atoms with Crippen molar-refractivity contribution in [1.82, 2.24) is 0 Å². The highest BCUT2D eigenvalue weighted by molar-refractivity contribution is 7.01. The van der Waals surface area contributed by atoms with Gasteiger partial charge in [-0.05, 0) is 12.5 Å². The molecule has 100 valence electrons. The van der Waals surface area contributed by atoms with Gasteiger partial charge in [-0.25, -0.2) is 0 Å². The zero-order chi connectivity index (χ0) is 13.6. The average molecular weight is 289 g/mol. The summed E-state index contributed by atoms with van der Waals surface area (Å²) in [6.45, 7) is 2.48. The third-order valence-corrected chi connectivity index (χ3v) is 8.72. The number of rotatable bonds is 6. The van der Waals surface area contributed by atoms with E-state index in [0.29, 0.717) is 0 Å². The standard InChI is InChI=1S/C17H21ClSi/c1-19(15-9-8-14-18,16-10-4-2-5-11-16)17-12-6-3-7-13-17/h2-7,10-13H,8-9,14-15H2,1H3. The molecule has 2 aromatic carbocycles. The van der Waals surface area contributed by atoms with Gasteiger partial charge in [-0.1, -0.05) is 84.0 Å². The summed E-state index contributed by atoms with van der Waals surface area (Å²) in [5, 5.41) is 3.05. The fraction of sp³-hybridized carbons (Fsp3) is 0.294. The second-order valence-electron chi connectivity index (χ2n) is 5.21. The second kappa shape index (κ2) is 6.92. The maximum Gasteiger partial charge on any atom is 0.115 e. The van der Waals surface area contributed by atoms with Crippen molar-refractivity contribution in [2.75, 3.05) is 5.88 Å². The SMILES string of the molecule is C[Si](CCCCCl)(c1ccccc1)c1ccccc1. The van der Waals surface area contributed by atoms with Gasteiger partial charge >= 0.3 is 0 Å². The largest absolute Gasteiger partial charge is 0.127 e. The van der Waals surface area contributed by atoms with E-state index >= 15 is 0 Å². The van der Waals surface area contributed by atoms with Gasteiger partial charge in [-0.3, -0.25) is 0 Å². The van der Waals surface area contributed by atoms with E-state index < -0.39 is 8.07 Å². The quantitative estimate of drug-likeness (QED) is 0.430. The van der Waals surface area contributed by atoms with Crippen LogP contribution in [0.25, 0.3) is 0 Å². The summed E-state index contributed by atoms with van der Waals surface area (Å²) < 4.78 is 0. The molecular formula is C17H21ClSi. The van der Waals surface area contributed by atoms with Gasteiger partial charge in [-0.2, -0.15) is 0 Å². The van der Waals surface area contributed by atoms with Gasteiger partial charge < -0.3 is 0 Å². The first-order valence-corrected chi connectivity index (χ1v) is 10.2. The van der Waals surface area contributed by atoms with E-state index in [9.17, 15) is 0 Å². The maximum atomic E-state index is 5.84. The van der Waals surface area contributed by atoms with Crippen molar-refractivity contribution in [2.24, 2.45) is 0 Å². The van der Waals surface area contributed by atoms with Crippen molar-refractivity contribution in [3.8, 4) is 0 Å². The van der Waals surface area contributed by atoms with E-state index in [2.05, 4.69) is 67.2 Å². The first-order chi connectivity index (χ1) is 9.27. The normalized spacial score (nSPS) is 11.5. The van der Waals surface area contributed by atoms with E-state index in [1.54, 1.807) is 0 Å². The van der Waals surface area contributed by atoms with Crippen LogP contribution in [0.5, 0.6) is 0 Å². The molecule has 0 heterocycles. The molecule has 2 rings (SSSR count). The van der Waals surface area contributed by atoms with Crippen LogP contribution in [0, 0.1) is 0 Å². The third kappa shape index (κ3) is 3.49. The first-order valence-electron chi connectivity index (χ1n) is 6.94. The van der Waals surface area contributed by atoms with Gasteiger partial charge in [0.05, 0.1) is 0 Å². The van der Waals surface area contributed by atoms with Gasteiger partial charge in [0.1, 0.15) is 8.07 Å². The molecule has 0 spiro atoms. The topological polar surface area (TPSA) is 0 Å². The fourth-order valence-electron chi connectivity index (χ4n) is 2.64. The Morgan fingerprint density at radius 2 is 1.26 bits per heavy atom. The predicted octanol–water partition coefficient (Wildman–Crippen LogP) is 3.90. The van der Waals surface area contributed by atoms with Crippen LogP contribution in [0.4, 0.5) is 0 Å². The van der Waals surface area contributed by atoms with E-state index in [4.69, 9.17) is 11.6 Å². The molecule has 0 radical (unpaired) electrons. The minimum atomic E-state index is -1.60. The monoisotopic (exact) mass is 288 g/mol. The van der Waals surface area contributed by atoms with Crippen LogP contribution in [0.3, 0.4) is 0 Å². The van der Waals surface area contributed by atoms with Crippen molar-refractivity contribution in [2.45, 2.75) is 25.4 Å². The molecule has 0 atom stereocenters. The molecule has 19 heavy (non-hydrogen) atoms. The Morgan fingerprint density at radius 3 is 1.68 bits per heavy atom. The highest BCUT2D eigenvalue weighted by atomic mass is 35.5. The lowest BCUT2D eigenvalue weighted by Crippen LogP contribution is -2.55. The van der Waals surface area contributed by atoms with Crippen molar-refractivity contribution >= 4 is 30.0 Å². The maximum absolute atomic E-state index is 5.84. The number of hydrogen-bond acceptors (Lipinski definition) is 0. The Morgan fingerprint density at radius 1 is 0.789 bits per heavy atom. The van der Waals surface area contributed by atoms with Crippen LogP contribution in [0.2, 0.25) is 12.6 Å². The Labute approximate surface area is 122 Å². The molecule has 0 aliphatic heterocycles. The molecule has 0 saturated heterocycles. The zero-order valence-corrected chi connectivity index (χ0v) is 13.2. The van der Waals surface area contributed by atoms with E-state index in [1.165, 1.54) is 22.8 Å². The molecule has 0 saturated carbocycles. The van der Waals surface area contributed by atoms with Crippen LogP contribution >= 0.6 is 11.6 Å². The Kier molecular flexibility index (Phi) is 5.23. The van der Waals surface area contributed by atoms with Crippen LogP contribution < -0.4 is 10.4 Å². The highest BCUT2D eigenvalue weighted by Crippen LogP contribution is 2.15. The Bertz CT molecular complexity index is 442. The van der Waals surface area contributed by atoms with E-state index in [-0.39, 0.29) is 0 Å². The van der Waals surface area contributed by atoms with E-state index in [0.717, 1.165) is 12.3 Å². The zero-order valence-electron chi connectivity index (χ0n) is 11.5. The molecule has 0 bridgehead atoms. The molecule has 2 heteroatoms. The first kappa shape index (κ1) is 14.4. The summed E-state index contributed by atoms with van der Waals surface area (Å²) in [5.74, 6) is 0.772. The Hall–Kier alpha value is -1.05. The number of benzene rings is 2. The average Bonchev–Trinajstić information content (AvgIpc) is 2.49. The van der Waals surface area contributed by atoms with Gasteiger partial charge in [-0.15, -0.1) is 11.6 Å². The number of halogens is 1. The molecule has 0 aliphatic carbocycles. The summed E-state index contributed by atoms with van der Waals surface area (Å²) in [6, 6.07) is 23.3. The second-order valence-corrected chi connectivity index (χ2v) is 9.91. The number of hydrogen-bond donors (Lipinski definition) is 0. The van der Waals surface area contributed by atoms with Crippen LogP contribution in [-0.4, -0.2) is 14.0 Å². The lowest BCUT2D eigenvalue weighted by atomic mass is 10.4. The molecule has 2 aromatic rings. The number of unbranched alkanes of at least 4 members (excludes halogenated alkanes) is 1. The van der Waals surface area contributed by atoms with Crippen molar-refractivity contribution in [3.63, 3.8) is 0 Å². The molecule has 0 aromatic heterocycles. The summed E-state index contributed by atoms with van der Waals surface area (Å²) in [5.41, 5.74) is 0. The third-order valence-electron chi connectivity index (χ3n) is 3.88. The minimum Gasteiger partial charge on any atom is -0.127 e. The lowest BCUT2D eigenvalue weighted by Gasteiger charge is -2.28. The van der Waals surface area contributed by atoms with Crippen LogP contribution in [0.15, 0.2) is 60.7 Å². The predicted molar refractivity (Wildman–Crippen MR) is 88.5 cm³/mol. The van der Waals surface area contributed by atoms with Crippen LogP contribution in [-0.2, 0) is 0 Å². The fourth-order valence-corrected chi connectivity index (χ4v) is 6.55. The van der Waals surface area contributed by atoms with Crippen molar-refractivity contribution in [3.05, 3.63) is 60.7 Å². The summed E-state index contributed by atoms with van der Waals surface area (Å²) in [6.07, 6.45) is 2.33. The summed E-state index contributed by atoms with van der Waals surface area (Å²) in [4.78, 5) is 0. The van der Waals surface area contributed by atoms with Crippen LogP contribution in [0.1, 0.15) is 12.8 Å². The van der Waals surface area contributed by atoms with Gasteiger partial charge in [0.2, 0.25) is 0 Å². The summed E-state index contributed by atoms with van der Waals surface area (Å²) >= 11 is 5.84. The van der Waals surface area contributed by atoms with Gasteiger partial charge in [0.15, 0.2) is 0 Å². The minimum absolute atomic E-state index is 0.772. The van der Waals surface area contributed by atoms with Gasteiger partial charge in [0, 0.05) is 5.88 Å². The molecule has 0 aliphatic rings. The molecule has 0 fully saturated rings. The highest BCUT2D eigenvalue weighted by Gasteiger charge is 2.30. The van der Waals surface area contributed by atoms with Gasteiger partial charge in [0.25, 0.3) is 0 Å². The summed E-state index contributed by atoms with van der Waals surface area (Å²) in [7, 11) is -1.60. The Balaban J connectivity index is 2.33. The smallest absolute Gasteiger partial charge is 0.115 e. The van der Waals surface area contributed by atoms with Crippen molar-refractivity contribution in [1.29, 1.82) is 0 Å². The molecule has 0 amide bonds. The molecule has 0 nitrogen and oxygen atoms in total. The molecule has 0 unspecified atom stereocenters. The van der Waals surface area contributed by atoms with Crippen molar-refractivity contribution < 1.29 is 0 Å². The lowest BCUT2D eigenvalue weighted by molar-refractivity contribution is 0.878. The number of alkyl halides is 1. The molecular weight excluding hydrogens is 268 g/mol. The molecule has 0 N–H and O–H groups in total.